The number of benzene rings is 1. The van der Waals surface area contributed by atoms with Gasteiger partial charge in [-0.1, -0.05) is 59.7 Å². The van der Waals surface area contributed by atoms with Gasteiger partial charge in [0.15, 0.2) is 0 Å². The summed E-state index contributed by atoms with van der Waals surface area (Å²) in [5.41, 5.74) is 10.2. The van der Waals surface area contributed by atoms with Crippen LogP contribution in [-0.2, 0) is 11.8 Å². The van der Waals surface area contributed by atoms with Gasteiger partial charge in [-0.05, 0) is 28.4 Å². The molecule has 0 saturated heterocycles. The van der Waals surface area contributed by atoms with E-state index >= 15 is 0 Å². The molecule has 1 aromatic carbocycles. The van der Waals surface area contributed by atoms with Gasteiger partial charge in [0.05, 0.1) is 0 Å². The molecule has 0 amide bonds. The Morgan fingerprint density at radius 1 is 1.00 bits per heavy atom. The molecule has 1 nitrogen and oxygen atoms in total. The standard InChI is InChI=1S/C15H25N/c1-14(2,3)10-11-8-7-9-12(13(11)16)15(4,5)6/h7-9H,10,16H2,1-6H3. The largest absolute Gasteiger partial charge is 0.398 e. The van der Waals surface area contributed by atoms with E-state index in [9.17, 15) is 0 Å². The molecule has 1 heteroatoms. The van der Waals surface area contributed by atoms with E-state index in [-0.39, 0.29) is 10.8 Å². The Morgan fingerprint density at radius 3 is 2.00 bits per heavy atom. The summed E-state index contributed by atoms with van der Waals surface area (Å²) < 4.78 is 0. The smallest absolute Gasteiger partial charge is 0.0384 e. The van der Waals surface area contributed by atoms with E-state index in [1.54, 1.807) is 0 Å². The van der Waals surface area contributed by atoms with Crippen molar-refractivity contribution < 1.29 is 0 Å². The van der Waals surface area contributed by atoms with Crippen LogP contribution in [0, 0.1) is 5.41 Å². The van der Waals surface area contributed by atoms with Gasteiger partial charge in [0.2, 0.25) is 0 Å². The highest BCUT2D eigenvalue weighted by Gasteiger charge is 2.20. The van der Waals surface area contributed by atoms with E-state index in [4.69, 9.17) is 5.73 Å². The second-order valence-corrected chi connectivity index (χ2v) is 6.87. The van der Waals surface area contributed by atoms with Crippen molar-refractivity contribution in [2.24, 2.45) is 5.41 Å². The SMILES string of the molecule is CC(C)(C)Cc1cccc(C(C)(C)C)c1N. The molecule has 0 heterocycles. The molecule has 0 aliphatic rings. The highest BCUT2D eigenvalue weighted by atomic mass is 14.6. The van der Waals surface area contributed by atoms with Gasteiger partial charge >= 0.3 is 0 Å². The first-order valence-corrected chi connectivity index (χ1v) is 5.99. The van der Waals surface area contributed by atoms with Gasteiger partial charge in [-0.25, -0.2) is 0 Å². The predicted octanol–water partition coefficient (Wildman–Crippen LogP) is 4.15. The number of hydrogen-bond acceptors (Lipinski definition) is 1. The second kappa shape index (κ2) is 4.12. The third-order valence-corrected chi connectivity index (χ3v) is 2.73. The van der Waals surface area contributed by atoms with Crippen LogP contribution >= 0.6 is 0 Å². The maximum atomic E-state index is 6.28. The third kappa shape index (κ3) is 3.26. The molecule has 1 aromatic rings. The molecule has 0 bridgehead atoms. The highest BCUT2D eigenvalue weighted by molar-refractivity contribution is 5.56. The summed E-state index contributed by atoms with van der Waals surface area (Å²) in [5, 5.41) is 0. The molecule has 0 aromatic heterocycles. The highest BCUT2D eigenvalue weighted by Crippen LogP contribution is 2.32. The summed E-state index contributed by atoms with van der Waals surface area (Å²) in [5.74, 6) is 0. The molecular weight excluding hydrogens is 194 g/mol. The van der Waals surface area contributed by atoms with Crippen molar-refractivity contribution in [3.8, 4) is 0 Å². The lowest BCUT2D eigenvalue weighted by Gasteiger charge is -2.25. The lowest BCUT2D eigenvalue weighted by atomic mass is 9.81. The van der Waals surface area contributed by atoms with Crippen LogP contribution in [0.4, 0.5) is 5.69 Å². The number of anilines is 1. The lowest BCUT2D eigenvalue weighted by Crippen LogP contribution is -2.17. The molecule has 0 spiro atoms. The van der Waals surface area contributed by atoms with Crippen molar-refractivity contribution in [2.75, 3.05) is 5.73 Å². The van der Waals surface area contributed by atoms with Crippen molar-refractivity contribution >= 4 is 5.69 Å². The summed E-state index contributed by atoms with van der Waals surface area (Å²) in [6.07, 6.45) is 1.03. The fourth-order valence-electron chi connectivity index (χ4n) is 1.99. The maximum Gasteiger partial charge on any atom is 0.0384 e. The first kappa shape index (κ1) is 13.1. The molecule has 0 unspecified atom stereocenters. The molecule has 0 aliphatic carbocycles. The molecular formula is C15H25N. The second-order valence-electron chi connectivity index (χ2n) is 6.87. The van der Waals surface area contributed by atoms with E-state index in [1.165, 1.54) is 11.1 Å². The van der Waals surface area contributed by atoms with Crippen LogP contribution in [0.1, 0.15) is 52.7 Å². The minimum absolute atomic E-state index is 0.123. The quantitative estimate of drug-likeness (QED) is 0.705. The molecule has 0 radical (unpaired) electrons. The van der Waals surface area contributed by atoms with Gasteiger partial charge < -0.3 is 5.73 Å². The minimum Gasteiger partial charge on any atom is -0.398 e. The van der Waals surface area contributed by atoms with E-state index < -0.39 is 0 Å². The molecule has 0 aliphatic heterocycles. The van der Waals surface area contributed by atoms with Crippen molar-refractivity contribution in [3.63, 3.8) is 0 Å². The average molecular weight is 219 g/mol. The Hall–Kier alpha value is -0.980. The normalized spacial score (nSPS) is 12.9. The third-order valence-electron chi connectivity index (χ3n) is 2.73. The maximum absolute atomic E-state index is 6.28. The number of nitrogen functional groups attached to an aromatic ring is 1. The van der Waals surface area contributed by atoms with Gasteiger partial charge in [-0.3, -0.25) is 0 Å². The Morgan fingerprint density at radius 2 is 1.56 bits per heavy atom. The Bertz CT molecular complexity index is 364. The molecule has 0 atom stereocenters. The van der Waals surface area contributed by atoms with Gasteiger partial charge in [0.1, 0.15) is 0 Å². The topological polar surface area (TPSA) is 26.0 Å². The molecule has 90 valence electrons. The van der Waals surface area contributed by atoms with Crippen LogP contribution in [0.25, 0.3) is 0 Å². The van der Waals surface area contributed by atoms with Crippen LogP contribution in [0.15, 0.2) is 18.2 Å². The fraction of sp³-hybridized carbons (Fsp3) is 0.600. The lowest BCUT2D eigenvalue weighted by molar-refractivity contribution is 0.411. The molecule has 16 heavy (non-hydrogen) atoms. The van der Waals surface area contributed by atoms with Crippen LogP contribution in [0.2, 0.25) is 0 Å². The van der Waals surface area contributed by atoms with Crippen LogP contribution < -0.4 is 5.73 Å². The van der Waals surface area contributed by atoms with E-state index in [0.29, 0.717) is 0 Å². The summed E-state index contributed by atoms with van der Waals surface area (Å²) >= 11 is 0. The van der Waals surface area contributed by atoms with Gasteiger partial charge in [0.25, 0.3) is 0 Å². The van der Waals surface area contributed by atoms with E-state index in [0.717, 1.165) is 12.1 Å². The zero-order valence-electron chi connectivity index (χ0n) is 11.5. The summed E-state index contributed by atoms with van der Waals surface area (Å²) in [4.78, 5) is 0. The first-order chi connectivity index (χ1) is 7.11. The van der Waals surface area contributed by atoms with Gasteiger partial charge in [-0.2, -0.15) is 0 Å². The Balaban J connectivity index is 3.15. The van der Waals surface area contributed by atoms with Gasteiger partial charge in [-0.15, -0.1) is 0 Å². The van der Waals surface area contributed by atoms with Crippen LogP contribution in [0.5, 0.6) is 0 Å². The van der Waals surface area contributed by atoms with Crippen molar-refractivity contribution in [3.05, 3.63) is 29.3 Å². The van der Waals surface area contributed by atoms with E-state index in [2.05, 4.69) is 59.7 Å². The molecule has 2 N–H and O–H groups in total. The predicted molar refractivity (Wildman–Crippen MR) is 72.7 cm³/mol. The van der Waals surface area contributed by atoms with E-state index in [1.807, 2.05) is 0 Å². The Labute approximate surface area is 100 Å². The number of hydrogen-bond donors (Lipinski definition) is 1. The van der Waals surface area contributed by atoms with Gasteiger partial charge in [0, 0.05) is 5.69 Å². The average Bonchev–Trinajstić information content (AvgIpc) is 2.04. The zero-order valence-corrected chi connectivity index (χ0v) is 11.5. The first-order valence-electron chi connectivity index (χ1n) is 5.99. The summed E-state index contributed by atoms with van der Waals surface area (Å²) in [6.45, 7) is 13.4. The number of rotatable bonds is 1. The molecule has 1 rings (SSSR count). The molecule has 0 fully saturated rings. The van der Waals surface area contributed by atoms with Crippen molar-refractivity contribution in [1.29, 1.82) is 0 Å². The van der Waals surface area contributed by atoms with Crippen molar-refractivity contribution in [1.82, 2.24) is 0 Å². The Kier molecular flexibility index (Phi) is 3.37. The number of nitrogens with two attached hydrogens (primary N) is 1. The number of para-hydroxylation sites is 1. The summed E-state index contributed by atoms with van der Waals surface area (Å²) in [7, 11) is 0. The van der Waals surface area contributed by atoms with Crippen LogP contribution in [0.3, 0.4) is 0 Å². The monoisotopic (exact) mass is 219 g/mol. The zero-order chi connectivity index (χ0) is 12.6. The van der Waals surface area contributed by atoms with Crippen molar-refractivity contribution in [2.45, 2.75) is 53.4 Å². The fourth-order valence-corrected chi connectivity index (χ4v) is 1.99. The minimum atomic E-state index is 0.123. The molecule has 0 saturated carbocycles. The van der Waals surface area contributed by atoms with Crippen LogP contribution in [-0.4, -0.2) is 0 Å². The summed E-state index contributed by atoms with van der Waals surface area (Å²) in [6, 6.07) is 6.41.